The molecule has 146 valence electrons. The van der Waals surface area contributed by atoms with E-state index in [4.69, 9.17) is 27.9 Å². The highest BCUT2D eigenvalue weighted by atomic mass is 35.5. The fourth-order valence-corrected chi connectivity index (χ4v) is 3.17. The molecule has 0 aliphatic heterocycles. The molecule has 1 N–H and O–H groups in total. The van der Waals surface area contributed by atoms with Crippen molar-refractivity contribution in [2.24, 2.45) is 0 Å². The number of hydrogen-bond donors (Lipinski definition) is 1. The Morgan fingerprint density at radius 2 is 1.71 bits per heavy atom. The SMILES string of the molecule is CCCn1c(=O)[nH]c(=O)n(-c2cc(C)c(Oc3ccc(Cl)cc3)c(Cl)c2)c1=O. The highest BCUT2D eigenvalue weighted by molar-refractivity contribution is 6.32. The number of rotatable bonds is 5. The molecule has 1 heterocycles. The van der Waals surface area contributed by atoms with Gasteiger partial charge in [-0.2, -0.15) is 0 Å². The number of ether oxygens (including phenoxy) is 1. The third-order valence-corrected chi connectivity index (χ3v) is 4.57. The molecule has 9 heteroatoms. The summed E-state index contributed by atoms with van der Waals surface area (Å²) in [6, 6.07) is 9.80. The number of benzene rings is 2. The van der Waals surface area contributed by atoms with Crippen LogP contribution in [0, 0.1) is 6.92 Å². The minimum Gasteiger partial charge on any atom is -0.456 e. The molecule has 0 spiro atoms. The molecule has 0 amide bonds. The average molecular weight is 422 g/mol. The van der Waals surface area contributed by atoms with Gasteiger partial charge in [0.2, 0.25) is 0 Å². The second-order valence-corrected chi connectivity index (χ2v) is 6.98. The van der Waals surface area contributed by atoms with E-state index in [9.17, 15) is 14.4 Å². The van der Waals surface area contributed by atoms with E-state index in [0.717, 1.165) is 9.13 Å². The van der Waals surface area contributed by atoms with Crippen molar-refractivity contribution in [3.63, 3.8) is 0 Å². The first-order valence-corrected chi connectivity index (χ1v) is 9.27. The maximum absolute atomic E-state index is 12.7. The number of aromatic nitrogens is 3. The van der Waals surface area contributed by atoms with E-state index in [1.54, 1.807) is 37.3 Å². The quantitative estimate of drug-likeness (QED) is 0.682. The second kappa shape index (κ2) is 8.08. The van der Waals surface area contributed by atoms with Gasteiger partial charge >= 0.3 is 17.1 Å². The molecule has 0 atom stereocenters. The second-order valence-electron chi connectivity index (χ2n) is 6.13. The van der Waals surface area contributed by atoms with Crippen LogP contribution < -0.4 is 21.8 Å². The molecular formula is C19H17Cl2N3O4. The van der Waals surface area contributed by atoms with Crippen LogP contribution in [0.3, 0.4) is 0 Å². The summed E-state index contributed by atoms with van der Waals surface area (Å²) in [5, 5.41) is 0.788. The Morgan fingerprint density at radius 1 is 1.04 bits per heavy atom. The van der Waals surface area contributed by atoms with Gasteiger partial charge in [-0.1, -0.05) is 30.1 Å². The van der Waals surface area contributed by atoms with Crippen molar-refractivity contribution in [1.29, 1.82) is 0 Å². The van der Waals surface area contributed by atoms with Crippen LogP contribution in [0.15, 0.2) is 50.8 Å². The van der Waals surface area contributed by atoms with Crippen LogP contribution in [0.1, 0.15) is 18.9 Å². The first-order chi connectivity index (χ1) is 13.3. The van der Waals surface area contributed by atoms with Gasteiger partial charge in [-0.25, -0.2) is 23.5 Å². The molecule has 0 aliphatic rings. The normalized spacial score (nSPS) is 10.9. The van der Waals surface area contributed by atoms with Crippen LogP contribution in [-0.2, 0) is 6.54 Å². The molecule has 0 bridgehead atoms. The summed E-state index contributed by atoms with van der Waals surface area (Å²) in [5.41, 5.74) is -1.45. The molecule has 0 radical (unpaired) electrons. The molecule has 0 fully saturated rings. The minimum atomic E-state index is -0.829. The van der Waals surface area contributed by atoms with E-state index in [1.807, 2.05) is 6.92 Å². The standard InChI is InChI=1S/C19H17Cl2N3O4/c1-3-8-23-17(25)22-18(26)24(19(23)27)13-9-11(2)16(15(21)10-13)28-14-6-4-12(20)5-7-14/h4-7,9-10H,3,8H2,1-2H3,(H,22,25,26). The Bertz CT molecular complexity index is 1170. The Hall–Kier alpha value is -2.77. The van der Waals surface area contributed by atoms with Crippen molar-refractivity contribution in [2.45, 2.75) is 26.8 Å². The average Bonchev–Trinajstić information content (AvgIpc) is 2.63. The monoisotopic (exact) mass is 421 g/mol. The predicted molar refractivity (Wildman–Crippen MR) is 108 cm³/mol. The molecular weight excluding hydrogens is 405 g/mol. The fourth-order valence-electron chi connectivity index (χ4n) is 2.75. The number of hydrogen-bond acceptors (Lipinski definition) is 4. The minimum absolute atomic E-state index is 0.193. The molecule has 0 aliphatic carbocycles. The van der Waals surface area contributed by atoms with Crippen LogP contribution in [0.25, 0.3) is 5.69 Å². The molecule has 3 rings (SSSR count). The zero-order chi connectivity index (χ0) is 20.4. The van der Waals surface area contributed by atoms with E-state index in [2.05, 4.69) is 4.98 Å². The van der Waals surface area contributed by atoms with Crippen LogP contribution >= 0.6 is 23.2 Å². The predicted octanol–water partition coefficient (Wildman–Crippen LogP) is 3.51. The van der Waals surface area contributed by atoms with Gasteiger partial charge in [0, 0.05) is 11.6 Å². The summed E-state index contributed by atoms with van der Waals surface area (Å²) < 4.78 is 7.66. The lowest BCUT2D eigenvalue weighted by Crippen LogP contribution is -2.48. The smallest absolute Gasteiger partial charge is 0.340 e. The third-order valence-electron chi connectivity index (χ3n) is 4.04. The lowest BCUT2D eigenvalue weighted by Gasteiger charge is -2.14. The van der Waals surface area contributed by atoms with Gasteiger partial charge in [-0.15, -0.1) is 0 Å². The van der Waals surface area contributed by atoms with Crippen LogP contribution in [-0.4, -0.2) is 14.1 Å². The Morgan fingerprint density at radius 3 is 2.32 bits per heavy atom. The first kappa shape index (κ1) is 20.0. The van der Waals surface area contributed by atoms with Gasteiger partial charge in [0.05, 0.1) is 10.7 Å². The number of aromatic amines is 1. The summed E-state index contributed by atoms with van der Waals surface area (Å²) in [6.07, 6.45) is 0.564. The molecule has 3 aromatic rings. The molecule has 0 saturated heterocycles. The Labute approximate surface area is 169 Å². The van der Waals surface area contributed by atoms with Gasteiger partial charge in [0.1, 0.15) is 11.5 Å². The maximum atomic E-state index is 12.7. The van der Waals surface area contributed by atoms with Crippen LogP contribution in [0.5, 0.6) is 11.5 Å². The molecule has 0 saturated carbocycles. The Balaban J connectivity index is 2.10. The van der Waals surface area contributed by atoms with Crippen molar-refractivity contribution in [3.05, 3.63) is 83.5 Å². The lowest BCUT2D eigenvalue weighted by atomic mass is 10.2. The highest BCUT2D eigenvalue weighted by Gasteiger charge is 2.15. The van der Waals surface area contributed by atoms with E-state index in [-0.39, 0.29) is 17.3 Å². The van der Waals surface area contributed by atoms with E-state index in [1.165, 1.54) is 6.07 Å². The van der Waals surface area contributed by atoms with Crippen molar-refractivity contribution in [1.82, 2.24) is 14.1 Å². The van der Waals surface area contributed by atoms with E-state index in [0.29, 0.717) is 28.5 Å². The highest BCUT2D eigenvalue weighted by Crippen LogP contribution is 2.34. The molecule has 2 aromatic carbocycles. The third kappa shape index (κ3) is 3.90. The maximum Gasteiger partial charge on any atom is 0.340 e. The summed E-state index contributed by atoms with van der Waals surface area (Å²) in [5.74, 6) is 0.924. The van der Waals surface area contributed by atoms with E-state index >= 15 is 0 Å². The Kier molecular flexibility index (Phi) is 5.76. The molecule has 0 unspecified atom stereocenters. The summed E-state index contributed by atoms with van der Waals surface area (Å²) in [7, 11) is 0. The lowest BCUT2D eigenvalue weighted by molar-refractivity contribution is 0.479. The van der Waals surface area contributed by atoms with Crippen molar-refractivity contribution in [3.8, 4) is 17.2 Å². The molecule has 1 aromatic heterocycles. The van der Waals surface area contributed by atoms with Crippen LogP contribution in [0.2, 0.25) is 10.0 Å². The van der Waals surface area contributed by atoms with Crippen molar-refractivity contribution in [2.75, 3.05) is 0 Å². The van der Waals surface area contributed by atoms with E-state index < -0.39 is 17.1 Å². The molecule has 28 heavy (non-hydrogen) atoms. The van der Waals surface area contributed by atoms with Gasteiger partial charge in [-0.05, 0) is 55.3 Å². The summed E-state index contributed by atoms with van der Waals surface area (Å²) >= 11 is 12.2. The number of aryl methyl sites for hydroxylation is 1. The number of nitrogens with one attached hydrogen (secondary N) is 1. The van der Waals surface area contributed by atoms with Crippen LogP contribution in [0.4, 0.5) is 0 Å². The number of H-pyrrole nitrogens is 1. The van der Waals surface area contributed by atoms with Crippen molar-refractivity contribution < 1.29 is 4.74 Å². The topological polar surface area (TPSA) is 86.1 Å². The molecule has 7 nitrogen and oxygen atoms in total. The largest absolute Gasteiger partial charge is 0.456 e. The summed E-state index contributed by atoms with van der Waals surface area (Å²) in [4.78, 5) is 39.0. The van der Waals surface area contributed by atoms with Gasteiger partial charge in [-0.3, -0.25) is 4.98 Å². The fraction of sp³-hybridized carbons (Fsp3) is 0.211. The zero-order valence-corrected chi connectivity index (χ0v) is 16.7. The number of halogens is 2. The number of nitrogens with zero attached hydrogens (tertiary/aromatic N) is 2. The van der Waals surface area contributed by atoms with Gasteiger partial charge < -0.3 is 4.74 Å². The first-order valence-electron chi connectivity index (χ1n) is 8.52. The summed E-state index contributed by atoms with van der Waals surface area (Å²) in [6.45, 7) is 3.76. The van der Waals surface area contributed by atoms with Crippen molar-refractivity contribution >= 4 is 23.2 Å². The van der Waals surface area contributed by atoms with Gasteiger partial charge in [0.25, 0.3) is 0 Å². The zero-order valence-electron chi connectivity index (χ0n) is 15.2. The van der Waals surface area contributed by atoms with Gasteiger partial charge in [0.15, 0.2) is 0 Å².